The van der Waals surface area contributed by atoms with E-state index in [0.29, 0.717) is 32.9 Å². The molecule has 2 aliphatic heterocycles. The van der Waals surface area contributed by atoms with Crippen molar-refractivity contribution < 1.29 is 9.18 Å². The van der Waals surface area contributed by atoms with E-state index < -0.39 is 0 Å². The highest BCUT2D eigenvalue weighted by Gasteiger charge is 2.31. The first kappa shape index (κ1) is 22.7. The number of nitrogens with zero attached hydrogens (tertiary/aromatic N) is 3. The molecule has 1 amide bonds. The smallest absolute Gasteiger partial charge is 0.289 e. The number of hydrogen-bond acceptors (Lipinski definition) is 5. The van der Waals surface area contributed by atoms with Crippen LogP contribution in [0.25, 0.3) is 0 Å². The summed E-state index contributed by atoms with van der Waals surface area (Å²) >= 11 is 13.1. The molecular weight excluding hydrogens is 494 g/mol. The molecule has 1 saturated heterocycles. The average Bonchev–Trinajstić information content (AvgIpc) is 3.39. The van der Waals surface area contributed by atoms with Crippen molar-refractivity contribution in [2.75, 3.05) is 0 Å². The lowest BCUT2D eigenvalue weighted by Gasteiger charge is -2.20. The van der Waals surface area contributed by atoms with Gasteiger partial charge < -0.3 is 5.32 Å². The third-order valence-corrected chi connectivity index (χ3v) is 6.66. The van der Waals surface area contributed by atoms with Crippen LogP contribution in [0.4, 0.5) is 14.9 Å². The molecule has 1 N–H and O–H groups in total. The molecule has 170 valence electrons. The molecule has 0 bridgehead atoms. The van der Waals surface area contributed by atoms with Crippen molar-refractivity contribution >= 4 is 57.4 Å². The summed E-state index contributed by atoms with van der Waals surface area (Å²) in [6, 6.07) is 20.7. The number of thioether (sulfide) groups is 1. The van der Waals surface area contributed by atoms with Crippen LogP contribution in [0.2, 0.25) is 10.0 Å². The topological polar surface area (TPSA) is 57.1 Å². The highest BCUT2D eigenvalue weighted by atomic mass is 35.5. The molecule has 0 aromatic heterocycles. The number of carbonyl (C=O) groups is 1. The van der Waals surface area contributed by atoms with Crippen LogP contribution in [-0.2, 0) is 0 Å². The Balaban J connectivity index is 1.52. The van der Waals surface area contributed by atoms with Crippen LogP contribution in [0.1, 0.15) is 23.6 Å². The molecule has 3 aromatic rings. The first-order valence-electron chi connectivity index (χ1n) is 10.4. The molecule has 5 rings (SSSR count). The fourth-order valence-corrected chi connectivity index (χ4v) is 4.64. The van der Waals surface area contributed by atoms with Crippen molar-refractivity contribution in [2.45, 2.75) is 12.5 Å². The second-order valence-electron chi connectivity index (χ2n) is 7.65. The maximum Gasteiger partial charge on any atom is 0.289 e. The van der Waals surface area contributed by atoms with Crippen molar-refractivity contribution in [2.24, 2.45) is 10.1 Å². The summed E-state index contributed by atoms with van der Waals surface area (Å²) in [5.41, 5.74) is 3.38. The molecule has 3 aromatic carbocycles. The molecule has 0 saturated carbocycles. The first-order chi connectivity index (χ1) is 16.4. The third-order valence-electron chi connectivity index (χ3n) is 5.35. The van der Waals surface area contributed by atoms with E-state index in [2.05, 4.69) is 10.3 Å². The molecule has 1 unspecified atom stereocenters. The van der Waals surface area contributed by atoms with Crippen LogP contribution in [0.5, 0.6) is 0 Å². The number of halogens is 3. The third kappa shape index (κ3) is 5.01. The summed E-state index contributed by atoms with van der Waals surface area (Å²) in [6.45, 7) is 0. The minimum Gasteiger partial charge on any atom is -0.300 e. The summed E-state index contributed by atoms with van der Waals surface area (Å²) in [5.74, 6) is 0.134. The van der Waals surface area contributed by atoms with Crippen molar-refractivity contribution in [3.05, 3.63) is 111 Å². The lowest BCUT2D eigenvalue weighted by molar-refractivity contribution is 0.265. The number of amides is 1. The van der Waals surface area contributed by atoms with E-state index in [1.54, 1.807) is 47.6 Å². The summed E-state index contributed by atoms with van der Waals surface area (Å²) in [7, 11) is 0. The fourth-order valence-electron chi connectivity index (χ4n) is 3.69. The highest BCUT2D eigenvalue weighted by Crippen LogP contribution is 2.36. The zero-order chi connectivity index (χ0) is 23.7. The van der Waals surface area contributed by atoms with Crippen LogP contribution in [0.3, 0.4) is 0 Å². The van der Waals surface area contributed by atoms with Gasteiger partial charge in [0.15, 0.2) is 0 Å². The van der Waals surface area contributed by atoms with Crippen molar-refractivity contribution in [3.8, 4) is 0 Å². The average molecular weight is 511 g/mol. The number of amidine groups is 1. The van der Waals surface area contributed by atoms with Crippen LogP contribution >= 0.6 is 35.0 Å². The van der Waals surface area contributed by atoms with E-state index in [1.807, 2.05) is 24.3 Å². The van der Waals surface area contributed by atoms with Gasteiger partial charge in [-0.1, -0.05) is 47.5 Å². The minimum absolute atomic E-state index is 0.174. The van der Waals surface area contributed by atoms with E-state index >= 15 is 0 Å². The Labute approximate surface area is 210 Å². The number of rotatable bonds is 4. The standard InChI is InChI=1S/C25H17Cl2FN4OS/c26-17-5-1-15(2-6-17)21-13-22(16-3-9-19(28)10-4-16)32(31-21)14-23-24(30-25(33)34-23)29-20-11-7-18(27)8-12-20/h1-12,14,22H,13H2,(H,29,30,33)/b23-14-. The van der Waals surface area contributed by atoms with Gasteiger partial charge in [-0.25, -0.2) is 9.38 Å². The first-order valence-corrected chi connectivity index (χ1v) is 11.9. The Morgan fingerprint density at radius 3 is 2.32 bits per heavy atom. The monoisotopic (exact) mass is 510 g/mol. The van der Waals surface area contributed by atoms with Gasteiger partial charge >= 0.3 is 0 Å². The normalized spacial score (nSPS) is 20.2. The van der Waals surface area contributed by atoms with Gasteiger partial charge in [0.2, 0.25) is 0 Å². The van der Waals surface area contributed by atoms with E-state index in [1.165, 1.54) is 12.1 Å². The van der Waals surface area contributed by atoms with Crippen molar-refractivity contribution in [3.63, 3.8) is 0 Å². The molecule has 5 nitrogen and oxygen atoms in total. The number of hydrazone groups is 1. The SMILES string of the molecule is O=C1NC(=Nc2ccc(Cl)cc2)/C(=C/N2N=C(c3ccc(Cl)cc3)CC2c2ccc(F)cc2)S1. The largest absolute Gasteiger partial charge is 0.300 e. The van der Waals surface area contributed by atoms with Gasteiger partial charge in [0.1, 0.15) is 11.7 Å². The van der Waals surface area contributed by atoms with Gasteiger partial charge in [-0.15, -0.1) is 0 Å². The van der Waals surface area contributed by atoms with E-state index in [4.69, 9.17) is 28.3 Å². The van der Waals surface area contributed by atoms with E-state index in [9.17, 15) is 9.18 Å². The highest BCUT2D eigenvalue weighted by molar-refractivity contribution is 8.18. The molecule has 0 aliphatic carbocycles. The van der Waals surface area contributed by atoms with Crippen molar-refractivity contribution in [1.82, 2.24) is 10.3 Å². The summed E-state index contributed by atoms with van der Waals surface area (Å²) in [6.07, 6.45) is 2.40. The molecule has 2 heterocycles. The Morgan fingerprint density at radius 1 is 1.00 bits per heavy atom. The Bertz CT molecular complexity index is 1320. The maximum absolute atomic E-state index is 13.6. The summed E-state index contributed by atoms with van der Waals surface area (Å²) in [5, 5.41) is 10.4. The predicted octanol–water partition coefficient (Wildman–Crippen LogP) is 7.31. The number of aliphatic imine (C=N–C) groups is 1. The van der Waals surface area contributed by atoms with Crippen LogP contribution in [-0.4, -0.2) is 21.8 Å². The van der Waals surface area contributed by atoms with Gasteiger partial charge in [-0.2, -0.15) is 5.10 Å². The molecule has 2 aliphatic rings. The van der Waals surface area contributed by atoms with Gasteiger partial charge in [-0.3, -0.25) is 9.80 Å². The lowest BCUT2D eigenvalue weighted by Crippen LogP contribution is -2.20. The Morgan fingerprint density at radius 2 is 1.65 bits per heavy atom. The molecule has 1 fully saturated rings. The van der Waals surface area contributed by atoms with Crippen LogP contribution in [0, 0.1) is 5.82 Å². The number of hydrogen-bond donors (Lipinski definition) is 1. The van der Waals surface area contributed by atoms with E-state index in [-0.39, 0.29) is 17.1 Å². The lowest BCUT2D eigenvalue weighted by atomic mass is 9.98. The van der Waals surface area contributed by atoms with Gasteiger partial charge in [0.05, 0.1) is 22.3 Å². The van der Waals surface area contributed by atoms with Gasteiger partial charge in [0.25, 0.3) is 5.24 Å². The molecule has 9 heteroatoms. The molecule has 0 radical (unpaired) electrons. The summed E-state index contributed by atoms with van der Waals surface area (Å²) in [4.78, 5) is 17.4. The molecular formula is C25H17Cl2FN4OS. The van der Waals surface area contributed by atoms with Crippen molar-refractivity contribution in [1.29, 1.82) is 0 Å². The summed E-state index contributed by atoms with van der Waals surface area (Å²) < 4.78 is 13.6. The second-order valence-corrected chi connectivity index (χ2v) is 9.54. The zero-order valence-electron chi connectivity index (χ0n) is 17.6. The Hall–Kier alpha value is -3.13. The van der Waals surface area contributed by atoms with Crippen LogP contribution in [0.15, 0.2) is 94.0 Å². The Kier molecular flexibility index (Phi) is 6.41. The minimum atomic E-state index is -0.302. The maximum atomic E-state index is 13.6. The fraction of sp³-hybridized carbons (Fsp3) is 0.0800. The zero-order valence-corrected chi connectivity index (χ0v) is 19.9. The van der Waals surface area contributed by atoms with E-state index in [0.717, 1.165) is 28.6 Å². The van der Waals surface area contributed by atoms with Crippen LogP contribution < -0.4 is 5.32 Å². The molecule has 1 atom stereocenters. The second kappa shape index (κ2) is 9.62. The molecule has 34 heavy (non-hydrogen) atoms. The quantitative estimate of drug-likeness (QED) is 0.400. The number of benzene rings is 3. The van der Waals surface area contributed by atoms with Gasteiger partial charge in [0, 0.05) is 22.7 Å². The predicted molar refractivity (Wildman–Crippen MR) is 136 cm³/mol. The number of carbonyl (C=O) groups excluding carboxylic acids is 1. The number of nitrogens with one attached hydrogen (secondary N) is 1. The van der Waals surface area contributed by atoms with Gasteiger partial charge in [-0.05, 0) is 71.4 Å². The molecule has 0 spiro atoms.